The van der Waals surface area contributed by atoms with Crippen molar-refractivity contribution in [1.82, 2.24) is 4.98 Å². The van der Waals surface area contributed by atoms with Crippen LogP contribution >= 0.6 is 34.8 Å². The fourth-order valence-corrected chi connectivity index (χ4v) is 4.06. The zero-order valence-corrected chi connectivity index (χ0v) is 16.0. The maximum atomic E-state index is 12.6. The van der Waals surface area contributed by atoms with E-state index >= 15 is 0 Å². The van der Waals surface area contributed by atoms with Gasteiger partial charge in [0.2, 0.25) is 0 Å². The third kappa shape index (κ3) is 3.70. The number of hydrogen-bond acceptors (Lipinski definition) is 3. The molecule has 0 fully saturated rings. The van der Waals surface area contributed by atoms with Crippen molar-refractivity contribution in [2.45, 2.75) is 0 Å². The zero-order chi connectivity index (χ0) is 18.4. The minimum atomic E-state index is -3.50. The van der Waals surface area contributed by atoms with Gasteiger partial charge >= 0.3 is 0 Å². The highest BCUT2D eigenvalue weighted by Crippen LogP contribution is 2.41. The number of Topliss-reactive ketones (excluding diaryl/α,β-unsaturated/α-hetero) is 1. The second kappa shape index (κ2) is 6.65. The van der Waals surface area contributed by atoms with Crippen LogP contribution < -0.4 is 0 Å². The van der Waals surface area contributed by atoms with Crippen LogP contribution in [0.2, 0.25) is 15.1 Å². The Morgan fingerprint density at radius 1 is 1.04 bits per heavy atom. The molecule has 1 heterocycles. The first-order valence-electron chi connectivity index (χ1n) is 7.14. The van der Waals surface area contributed by atoms with Crippen LogP contribution in [0, 0.1) is 0 Å². The lowest BCUT2D eigenvalue weighted by Crippen LogP contribution is -2.15. The summed E-state index contributed by atoms with van der Waals surface area (Å²) in [6.07, 6.45) is 1.01. The van der Waals surface area contributed by atoms with E-state index in [0.717, 1.165) is 6.26 Å². The Bertz CT molecular complexity index is 1080. The molecule has 0 saturated carbocycles. The normalized spacial score (nSPS) is 11.8. The van der Waals surface area contributed by atoms with Gasteiger partial charge in [0.1, 0.15) is 5.75 Å². The van der Waals surface area contributed by atoms with Crippen molar-refractivity contribution in [1.29, 1.82) is 0 Å². The summed E-state index contributed by atoms with van der Waals surface area (Å²) in [5.41, 5.74) is 1.67. The van der Waals surface area contributed by atoms with Gasteiger partial charge < -0.3 is 4.98 Å². The molecule has 25 heavy (non-hydrogen) atoms. The van der Waals surface area contributed by atoms with Gasteiger partial charge in [0.05, 0.1) is 5.69 Å². The van der Waals surface area contributed by atoms with E-state index in [1.54, 1.807) is 36.4 Å². The number of ketones is 1. The summed E-state index contributed by atoms with van der Waals surface area (Å²) < 4.78 is 23.1. The van der Waals surface area contributed by atoms with Gasteiger partial charge in [-0.2, -0.15) is 0 Å². The Morgan fingerprint density at radius 3 is 2.28 bits per heavy atom. The Labute approximate surface area is 159 Å². The van der Waals surface area contributed by atoms with Crippen LogP contribution in [0.15, 0.2) is 36.4 Å². The van der Waals surface area contributed by atoms with Crippen molar-refractivity contribution in [3.8, 4) is 11.1 Å². The minimum Gasteiger partial charge on any atom is -0.352 e. The van der Waals surface area contributed by atoms with Gasteiger partial charge in [-0.15, -0.1) is 0 Å². The van der Waals surface area contributed by atoms with Gasteiger partial charge in [-0.1, -0.05) is 40.9 Å². The van der Waals surface area contributed by atoms with Gasteiger partial charge in [0.25, 0.3) is 0 Å². The molecule has 3 rings (SSSR count). The van der Waals surface area contributed by atoms with Gasteiger partial charge in [0.15, 0.2) is 15.6 Å². The van der Waals surface area contributed by atoms with E-state index in [1.807, 2.05) is 0 Å². The summed E-state index contributed by atoms with van der Waals surface area (Å²) in [4.78, 5) is 15.6. The number of benzene rings is 2. The summed E-state index contributed by atoms with van der Waals surface area (Å²) in [5, 5.41) is 1.81. The standard InChI is InChI=1S/C17H12Cl3NO3S/c1-25(23,24)8-14(22)17-15(16-11(19)3-2-4-12(16)20)10-7-9(18)5-6-13(10)21-17/h2-7,21H,8H2,1H3. The van der Waals surface area contributed by atoms with E-state index in [-0.39, 0.29) is 5.69 Å². The van der Waals surface area contributed by atoms with E-state index < -0.39 is 21.4 Å². The first-order chi connectivity index (χ1) is 11.7. The Balaban J connectivity index is 2.36. The summed E-state index contributed by atoms with van der Waals surface area (Å²) in [7, 11) is -3.50. The molecular weight excluding hydrogens is 405 g/mol. The second-order valence-corrected chi connectivity index (χ2v) is 9.05. The molecule has 0 spiro atoms. The molecule has 0 saturated heterocycles. The topological polar surface area (TPSA) is 67.0 Å². The lowest BCUT2D eigenvalue weighted by atomic mass is 10.00. The van der Waals surface area contributed by atoms with Crippen LogP contribution in [-0.2, 0) is 9.84 Å². The molecule has 0 aliphatic carbocycles. The molecule has 4 nitrogen and oxygen atoms in total. The van der Waals surface area contributed by atoms with Crippen LogP contribution in [0.1, 0.15) is 10.5 Å². The predicted octanol–water partition coefficient (Wildman–Crippen LogP) is 5.02. The van der Waals surface area contributed by atoms with Gasteiger partial charge in [-0.05, 0) is 30.3 Å². The molecule has 0 aliphatic rings. The molecule has 0 radical (unpaired) electrons. The number of aromatic nitrogens is 1. The van der Waals surface area contributed by atoms with Crippen molar-refractivity contribution >= 4 is 61.3 Å². The maximum Gasteiger partial charge on any atom is 0.194 e. The molecule has 3 aromatic rings. The van der Waals surface area contributed by atoms with Crippen LogP contribution in [0.25, 0.3) is 22.0 Å². The number of rotatable bonds is 4. The van der Waals surface area contributed by atoms with Gasteiger partial charge in [-0.3, -0.25) is 4.79 Å². The molecule has 0 aliphatic heterocycles. The SMILES string of the molecule is CS(=O)(=O)CC(=O)c1[nH]c2ccc(Cl)cc2c1-c1c(Cl)cccc1Cl. The van der Waals surface area contributed by atoms with E-state index in [9.17, 15) is 13.2 Å². The summed E-state index contributed by atoms with van der Waals surface area (Å²) >= 11 is 18.7. The van der Waals surface area contributed by atoms with Crippen LogP contribution in [0.5, 0.6) is 0 Å². The molecule has 0 atom stereocenters. The largest absolute Gasteiger partial charge is 0.352 e. The third-order valence-electron chi connectivity index (χ3n) is 3.65. The van der Waals surface area contributed by atoms with Crippen molar-refractivity contribution in [2.75, 3.05) is 12.0 Å². The first kappa shape index (κ1) is 18.3. The Kier molecular flexibility index (Phi) is 4.86. The van der Waals surface area contributed by atoms with Crippen molar-refractivity contribution in [3.05, 3.63) is 57.2 Å². The maximum absolute atomic E-state index is 12.6. The molecule has 130 valence electrons. The molecule has 1 N–H and O–H groups in total. The molecule has 8 heteroatoms. The number of fused-ring (bicyclic) bond motifs is 1. The van der Waals surface area contributed by atoms with Crippen molar-refractivity contribution in [3.63, 3.8) is 0 Å². The number of sulfone groups is 1. The quantitative estimate of drug-likeness (QED) is 0.607. The highest BCUT2D eigenvalue weighted by molar-refractivity contribution is 7.91. The Morgan fingerprint density at radius 2 is 1.68 bits per heavy atom. The fraction of sp³-hybridized carbons (Fsp3) is 0.118. The number of carbonyl (C=O) groups excluding carboxylic acids is 1. The number of H-pyrrole nitrogens is 1. The van der Waals surface area contributed by atoms with E-state index in [1.165, 1.54) is 0 Å². The van der Waals surface area contributed by atoms with Crippen LogP contribution in [0.3, 0.4) is 0 Å². The van der Waals surface area contributed by atoms with Crippen LogP contribution in [-0.4, -0.2) is 31.2 Å². The number of hydrogen-bond donors (Lipinski definition) is 1. The summed E-state index contributed by atoms with van der Waals surface area (Å²) in [5.74, 6) is -1.19. The molecule has 2 aromatic carbocycles. The highest BCUT2D eigenvalue weighted by Gasteiger charge is 2.24. The molecular formula is C17H12Cl3NO3S. The van der Waals surface area contributed by atoms with E-state index in [2.05, 4.69) is 4.98 Å². The minimum absolute atomic E-state index is 0.137. The zero-order valence-electron chi connectivity index (χ0n) is 12.9. The number of nitrogens with one attached hydrogen (secondary N) is 1. The average Bonchev–Trinajstić information content (AvgIpc) is 2.84. The monoisotopic (exact) mass is 415 g/mol. The molecule has 0 amide bonds. The summed E-state index contributed by atoms with van der Waals surface area (Å²) in [6, 6.07) is 10.0. The first-order valence-corrected chi connectivity index (χ1v) is 10.3. The smallest absolute Gasteiger partial charge is 0.194 e. The van der Waals surface area contributed by atoms with Gasteiger partial charge in [0, 0.05) is 43.4 Å². The fourth-order valence-electron chi connectivity index (χ4n) is 2.68. The number of halogens is 3. The lowest BCUT2D eigenvalue weighted by Gasteiger charge is -2.09. The van der Waals surface area contributed by atoms with Crippen LogP contribution in [0.4, 0.5) is 0 Å². The lowest BCUT2D eigenvalue weighted by molar-refractivity contribution is 0.101. The second-order valence-electron chi connectivity index (χ2n) is 5.65. The summed E-state index contributed by atoms with van der Waals surface area (Å²) in [6.45, 7) is 0. The van der Waals surface area contributed by atoms with Gasteiger partial charge in [-0.25, -0.2) is 8.42 Å². The average molecular weight is 417 g/mol. The van der Waals surface area contributed by atoms with Crippen molar-refractivity contribution < 1.29 is 13.2 Å². The van der Waals surface area contributed by atoms with E-state index in [0.29, 0.717) is 37.1 Å². The third-order valence-corrected chi connectivity index (χ3v) is 5.30. The number of carbonyl (C=O) groups is 1. The molecule has 0 unspecified atom stereocenters. The highest BCUT2D eigenvalue weighted by atomic mass is 35.5. The van der Waals surface area contributed by atoms with E-state index in [4.69, 9.17) is 34.8 Å². The van der Waals surface area contributed by atoms with Crippen molar-refractivity contribution in [2.24, 2.45) is 0 Å². The number of aromatic amines is 1. The predicted molar refractivity (Wildman–Crippen MR) is 103 cm³/mol. The Hall–Kier alpha value is -1.53. The molecule has 1 aromatic heterocycles. The molecule has 0 bridgehead atoms.